The molecule has 2 unspecified atom stereocenters. The van der Waals surface area contributed by atoms with Crippen molar-refractivity contribution in [3.05, 3.63) is 23.2 Å². The molecule has 1 N–H and O–H groups in total. The molecule has 0 radical (unpaired) electrons. The Bertz CT molecular complexity index is 444. The van der Waals surface area contributed by atoms with E-state index in [1.165, 1.54) is 18.5 Å². The third-order valence-corrected chi connectivity index (χ3v) is 4.13. The summed E-state index contributed by atoms with van der Waals surface area (Å²) in [5, 5.41) is 3.47. The van der Waals surface area contributed by atoms with E-state index in [1.807, 2.05) is 0 Å². The van der Waals surface area contributed by atoms with Crippen LogP contribution in [0.4, 0.5) is 0 Å². The summed E-state index contributed by atoms with van der Waals surface area (Å²) < 4.78 is 5.86. The van der Waals surface area contributed by atoms with Gasteiger partial charge in [-0.2, -0.15) is 0 Å². The molecule has 0 amide bonds. The molecule has 1 aromatic heterocycles. The zero-order chi connectivity index (χ0) is 14.9. The lowest BCUT2D eigenvalue weighted by Crippen LogP contribution is -2.34. The Morgan fingerprint density at radius 3 is 2.60 bits per heavy atom. The van der Waals surface area contributed by atoms with Gasteiger partial charge in [-0.05, 0) is 59.1 Å². The molecule has 0 aliphatic heterocycles. The summed E-state index contributed by atoms with van der Waals surface area (Å²) in [5.41, 5.74) is 1.45. The fourth-order valence-electron chi connectivity index (χ4n) is 2.59. The van der Waals surface area contributed by atoms with Gasteiger partial charge in [0.05, 0.1) is 6.54 Å². The molecule has 114 valence electrons. The highest BCUT2D eigenvalue weighted by atomic mass is 16.3. The minimum Gasteiger partial charge on any atom is -0.465 e. The topological polar surface area (TPSA) is 28.4 Å². The molecule has 0 spiro atoms. The SMILES string of the molecule is Cc1oc(CNC(C)(C)C)cc1CN(C)CC1CC1C. The van der Waals surface area contributed by atoms with Crippen molar-refractivity contribution in [3.8, 4) is 0 Å². The fourth-order valence-corrected chi connectivity index (χ4v) is 2.59. The van der Waals surface area contributed by atoms with Crippen molar-refractivity contribution in [2.24, 2.45) is 11.8 Å². The molecule has 0 aromatic carbocycles. The summed E-state index contributed by atoms with van der Waals surface area (Å²) in [6.45, 7) is 13.9. The molecular weight excluding hydrogens is 248 g/mol. The third kappa shape index (κ3) is 4.64. The van der Waals surface area contributed by atoms with Crippen molar-refractivity contribution in [3.63, 3.8) is 0 Å². The third-order valence-electron chi connectivity index (χ3n) is 4.13. The molecule has 1 aromatic rings. The smallest absolute Gasteiger partial charge is 0.118 e. The summed E-state index contributed by atoms with van der Waals surface area (Å²) >= 11 is 0. The molecule has 1 heterocycles. The molecule has 20 heavy (non-hydrogen) atoms. The van der Waals surface area contributed by atoms with Crippen molar-refractivity contribution in [2.45, 2.75) is 59.7 Å². The average Bonchev–Trinajstić information content (AvgIpc) is 2.86. The molecule has 0 bridgehead atoms. The summed E-state index contributed by atoms with van der Waals surface area (Å²) in [6, 6.07) is 2.21. The van der Waals surface area contributed by atoms with E-state index in [0.717, 1.165) is 36.4 Å². The van der Waals surface area contributed by atoms with Crippen molar-refractivity contribution < 1.29 is 4.42 Å². The minimum atomic E-state index is 0.125. The van der Waals surface area contributed by atoms with Gasteiger partial charge in [0.25, 0.3) is 0 Å². The molecule has 3 heteroatoms. The predicted molar refractivity (Wildman–Crippen MR) is 83.6 cm³/mol. The van der Waals surface area contributed by atoms with E-state index in [2.05, 4.69) is 57.9 Å². The first-order valence-corrected chi connectivity index (χ1v) is 7.76. The van der Waals surface area contributed by atoms with E-state index in [9.17, 15) is 0 Å². The van der Waals surface area contributed by atoms with Crippen LogP contribution in [0.2, 0.25) is 0 Å². The van der Waals surface area contributed by atoms with Crippen LogP contribution in [0.1, 0.15) is 51.2 Å². The normalized spacial score (nSPS) is 22.6. The van der Waals surface area contributed by atoms with Crippen LogP contribution in [0, 0.1) is 18.8 Å². The van der Waals surface area contributed by atoms with Gasteiger partial charge < -0.3 is 14.6 Å². The quantitative estimate of drug-likeness (QED) is 0.862. The largest absolute Gasteiger partial charge is 0.465 e. The molecule has 2 rings (SSSR count). The first-order chi connectivity index (χ1) is 9.24. The van der Waals surface area contributed by atoms with Crippen LogP contribution in [0.15, 0.2) is 10.5 Å². The highest BCUT2D eigenvalue weighted by molar-refractivity contribution is 5.20. The van der Waals surface area contributed by atoms with E-state index >= 15 is 0 Å². The van der Waals surface area contributed by atoms with E-state index in [-0.39, 0.29) is 5.54 Å². The van der Waals surface area contributed by atoms with Crippen LogP contribution in [0.5, 0.6) is 0 Å². The number of nitrogens with one attached hydrogen (secondary N) is 1. The van der Waals surface area contributed by atoms with Gasteiger partial charge in [0.15, 0.2) is 0 Å². The van der Waals surface area contributed by atoms with Crippen LogP contribution in [-0.2, 0) is 13.1 Å². The van der Waals surface area contributed by atoms with Gasteiger partial charge in [-0.1, -0.05) is 6.92 Å². The lowest BCUT2D eigenvalue weighted by Gasteiger charge is -2.19. The standard InChI is InChI=1S/C17H30N2O/c1-12-7-14(12)10-19(6)11-15-8-16(20-13(15)2)9-18-17(3,4)5/h8,12,14,18H,7,9-11H2,1-6H3. The van der Waals surface area contributed by atoms with E-state index in [4.69, 9.17) is 4.42 Å². The average molecular weight is 278 g/mol. The van der Waals surface area contributed by atoms with Gasteiger partial charge in [-0.25, -0.2) is 0 Å². The van der Waals surface area contributed by atoms with Crippen molar-refractivity contribution in [1.29, 1.82) is 0 Å². The van der Waals surface area contributed by atoms with Crippen molar-refractivity contribution in [2.75, 3.05) is 13.6 Å². The van der Waals surface area contributed by atoms with Gasteiger partial charge in [0.1, 0.15) is 11.5 Å². The number of hydrogen-bond donors (Lipinski definition) is 1. The molecule has 1 saturated carbocycles. The first-order valence-electron chi connectivity index (χ1n) is 7.76. The van der Waals surface area contributed by atoms with Crippen LogP contribution in [0.3, 0.4) is 0 Å². The maximum atomic E-state index is 5.86. The van der Waals surface area contributed by atoms with Crippen LogP contribution < -0.4 is 5.32 Å². The van der Waals surface area contributed by atoms with Crippen LogP contribution >= 0.6 is 0 Å². The second-order valence-corrected chi connectivity index (χ2v) is 7.57. The maximum Gasteiger partial charge on any atom is 0.118 e. The Morgan fingerprint density at radius 2 is 2.05 bits per heavy atom. The number of aryl methyl sites for hydroxylation is 1. The summed E-state index contributed by atoms with van der Waals surface area (Å²) in [5.74, 6) is 3.94. The molecule has 1 fully saturated rings. The van der Waals surface area contributed by atoms with Gasteiger partial charge in [-0.15, -0.1) is 0 Å². The lowest BCUT2D eigenvalue weighted by atomic mass is 10.1. The number of rotatable bonds is 6. The van der Waals surface area contributed by atoms with Crippen molar-refractivity contribution >= 4 is 0 Å². The summed E-state index contributed by atoms with van der Waals surface area (Å²) in [6.07, 6.45) is 1.40. The van der Waals surface area contributed by atoms with Gasteiger partial charge >= 0.3 is 0 Å². The molecule has 1 aliphatic carbocycles. The van der Waals surface area contributed by atoms with Crippen LogP contribution in [0.25, 0.3) is 0 Å². The minimum absolute atomic E-state index is 0.125. The molecule has 0 saturated heterocycles. The number of hydrogen-bond acceptors (Lipinski definition) is 3. The Balaban J connectivity index is 1.86. The first kappa shape index (κ1) is 15.6. The lowest BCUT2D eigenvalue weighted by molar-refractivity contribution is 0.305. The zero-order valence-corrected chi connectivity index (χ0v) is 13.9. The van der Waals surface area contributed by atoms with Gasteiger partial charge in [-0.3, -0.25) is 0 Å². The van der Waals surface area contributed by atoms with Gasteiger partial charge in [0, 0.05) is 24.2 Å². The second-order valence-electron chi connectivity index (χ2n) is 7.57. The molecule has 3 nitrogen and oxygen atoms in total. The Morgan fingerprint density at radius 1 is 1.40 bits per heavy atom. The monoisotopic (exact) mass is 278 g/mol. The molecule has 2 atom stereocenters. The molecular formula is C17H30N2O. The fraction of sp³-hybridized carbons (Fsp3) is 0.765. The Hall–Kier alpha value is -0.800. The van der Waals surface area contributed by atoms with Gasteiger partial charge in [0.2, 0.25) is 0 Å². The highest BCUT2D eigenvalue weighted by Crippen LogP contribution is 2.38. The Labute approximate surface area is 123 Å². The van der Waals surface area contributed by atoms with E-state index in [1.54, 1.807) is 0 Å². The molecule has 1 aliphatic rings. The number of nitrogens with zero attached hydrogens (tertiary/aromatic N) is 1. The number of furan rings is 1. The highest BCUT2D eigenvalue weighted by Gasteiger charge is 2.33. The predicted octanol–water partition coefficient (Wildman–Crippen LogP) is 3.56. The van der Waals surface area contributed by atoms with Crippen molar-refractivity contribution in [1.82, 2.24) is 10.2 Å². The zero-order valence-electron chi connectivity index (χ0n) is 13.9. The second kappa shape index (κ2) is 5.90. The Kier molecular flexibility index (Phi) is 4.60. The summed E-state index contributed by atoms with van der Waals surface area (Å²) in [4.78, 5) is 2.42. The van der Waals surface area contributed by atoms with Crippen LogP contribution in [-0.4, -0.2) is 24.0 Å². The maximum absolute atomic E-state index is 5.86. The van der Waals surface area contributed by atoms with E-state index in [0.29, 0.717) is 0 Å². The van der Waals surface area contributed by atoms with E-state index < -0.39 is 0 Å². The summed E-state index contributed by atoms with van der Waals surface area (Å²) in [7, 11) is 2.21.